The van der Waals surface area contributed by atoms with Crippen molar-refractivity contribution >= 4 is 29.0 Å². The number of aryl methyl sites for hydroxylation is 1. The molecule has 0 saturated heterocycles. The first-order chi connectivity index (χ1) is 11.6. The van der Waals surface area contributed by atoms with E-state index in [-0.39, 0.29) is 5.91 Å². The summed E-state index contributed by atoms with van der Waals surface area (Å²) in [7, 11) is 1.92. The number of hydrogen-bond donors (Lipinski definition) is 0. The third kappa shape index (κ3) is 3.62. The molecule has 0 N–H and O–H groups in total. The molecule has 1 saturated carbocycles. The molecule has 128 valence electrons. The molecule has 0 aromatic carbocycles. The van der Waals surface area contributed by atoms with Gasteiger partial charge in [0.05, 0.1) is 5.69 Å². The van der Waals surface area contributed by atoms with Gasteiger partial charge in [0.2, 0.25) is 0 Å². The molecule has 1 amide bonds. The van der Waals surface area contributed by atoms with Crippen molar-refractivity contribution in [3.63, 3.8) is 0 Å². The van der Waals surface area contributed by atoms with Crippen LogP contribution in [0.1, 0.15) is 41.6 Å². The Hall–Kier alpha value is -1.47. The monoisotopic (exact) mass is 362 g/mol. The Morgan fingerprint density at radius 3 is 2.83 bits per heavy atom. The van der Waals surface area contributed by atoms with Crippen LogP contribution >= 0.6 is 23.1 Å². The van der Waals surface area contributed by atoms with E-state index in [9.17, 15) is 4.79 Å². The van der Waals surface area contributed by atoms with Crippen molar-refractivity contribution in [2.75, 3.05) is 12.8 Å². The van der Waals surface area contributed by atoms with Gasteiger partial charge in [0.25, 0.3) is 5.91 Å². The lowest BCUT2D eigenvalue weighted by atomic mass is 10.2. The average molecular weight is 363 g/mol. The first-order valence-electron chi connectivity index (χ1n) is 8.23. The summed E-state index contributed by atoms with van der Waals surface area (Å²) in [6.07, 6.45) is 6.76. The fraction of sp³-hybridized carbons (Fsp3) is 0.529. The predicted molar refractivity (Wildman–Crippen MR) is 99.5 cm³/mol. The fourth-order valence-electron chi connectivity index (χ4n) is 3.08. The highest BCUT2D eigenvalue weighted by Gasteiger charge is 2.31. The molecule has 1 aliphatic rings. The molecule has 1 fully saturated rings. The van der Waals surface area contributed by atoms with Gasteiger partial charge in [-0.15, -0.1) is 11.3 Å². The Labute approximate surface area is 150 Å². The van der Waals surface area contributed by atoms with Crippen LogP contribution in [0.2, 0.25) is 0 Å². The van der Waals surface area contributed by atoms with Crippen molar-refractivity contribution in [1.29, 1.82) is 0 Å². The predicted octanol–water partition coefficient (Wildman–Crippen LogP) is 3.65. The van der Waals surface area contributed by atoms with E-state index >= 15 is 0 Å². The van der Waals surface area contributed by atoms with Crippen molar-refractivity contribution in [3.8, 4) is 10.8 Å². The summed E-state index contributed by atoms with van der Waals surface area (Å²) in [4.78, 5) is 28.5. The Bertz CT molecular complexity index is 704. The topological polar surface area (TPSA) is 59.0 Å². The summed E-state index contributed by atoms with van der Waals surface area (Å²) in [6.45, 7) is 4.08. The average Bonchev–Trinajstić information content (AvgIpc) is 3.21. The molecule has 0 bridgehead atoms. The van der Waals surface area contributed by atoms with Gasteiger partial charge in [-0.1, -0.05) is 6.92 Å². The maximum atomic E-state index is 12.9. The normalized spacial score (nSPS) is 20.3. The first-order valence-corrected chi connectivity index (χ1v) is 10.1. The maximum absolute atomic E-state index is 12.9. The standard InChI is InChI=1S/C17H22N4OS2/c1-4-23-13-7-6-12(10-13)21(3)17(22)14-11(2)20-16(24-14)15-18-8-5-9-19-15/h5,8-9,12-13H,4,6-7,10H2,1-3H3. The van der Waals surface area contributed by atoms with Gasteiger partial charge in [-0.05, 0) is 38.0 Å². The summed E-state index contributed by atoms with van der Waals surface area (Å²) in [5, 5.41) is 1.39. The van der Waals surface area contributed by atoms with E-state index in [4.69, 9.17) is 0 Å². The molecule has 2 unspecified atom stereocenters. The molecule has 0 spiro atoms. The van der Waals surface area contributed by atoms with Crippen molar-refractivity contribution in [1.82, 2.24) is 19.9 Å². The SMILES string of the molecule is CCSC1CCC(N(C)C(=O)c2sc(-c3ncccn3)nc2C)C1. The van der Waals surface area contributed by atoms with Crippen LogP contribution < -0.4 is 0 Å². The Balaban J connectivity index is 1.74. The number of hydrogen-bond acceptors (Lipinski definition) is 6. The van der Waals surface area contributed by atoms with Crippen LogP contribution in [0.25, 0.3) is 10.8 Å². The number of amides is 1. The van der Waals surface area contributed by atoms with Crippen molar-refractivity contribution < 1.29 is 4.79 Å². The lowest BCUT2D eigenvalue weighted by Gasteiger charge is -2.24. The third-order valence-corrected chi connectivity index (χ3v) is 6.75. The smallest absolute Gasteiger partial charge is 0.265 e. The van der Waals surface area contributed by atoms with Gasteiger partial charge < -0.3 is 4.90 Å². The number of aromatic nitrogens is 3. The van der Waals surface area contributed by atoms with E-state index in [1.165, 1.54) is 17.8 Å². The van der Waals surface area contributed by atoms with Gasteiger partial charge in [0.15, 0.2) is 10.8 Å². The molecule has 2 atom stereocenters. The zero-order chi connectivity index (χ0) is 17.1. The Morgan fingerprint density at radius 2 is 2.12 bits per heavy atom. The van der Waals surface area contributed by atoms with E-state index in [2.05, 4.69) is 21.9 Å². The van der Waals surface area contributed by atoms with Crippen LogP contribution in [0.15, 0.2) is 18.5 Å². The van der Waals surface area contributed by atoms with Crippen LogP contribution in [0.3, 0.4) is 0 Å². The number of rotatable bonds is 5. The summed E-state index contributed by atoms with van der Waals surface area (Å²) < 4.78 is 0. The molecule has 2 heterocycles. The molecule has 1 aliphatic carbocycles. The molecule has 5 nitrogen and oxygen atoms in total. The molecule has 3 rings (SSSR count). The Kier molecular flexibility index (Phi) is 5.50. The molecule has 24 heavy (non-hydrogen) atoms. The second kappa shape index (κ2) is 7.61. The number of thioether (sulfide) groups is 1. The minimum Gasteiger partial charge on any atom is -0.338 e. The summed E-state index contributed by atoms with van der Waals surface area (Å²) in [5.41, 5.74) is 0.761. The van der Waals surface area contributed by atoms with E-state index in [0.717, 1.165) is 24.3 Å². The first kappa shape index (κ1) is 17.4. The van der Waals surface area contributed by atoms with E-state index in [1.807, 2.05) is 30.6 Å². The van der Waals surface area contributed by atoms with E-state index in [1.54, 1.807) is 18.5 Å². The van der Waals surface area contributed by atoms with Crippen LogP contribution in [-0.2, 0) is 0 Å². The van der Waals surface area contributed by atoms with Crippen molar-refractivity contribution in [2.45, 2.75) is 44.4 Å². The molecule has 0 radical (unpaired) electrons. The molecule has 7 heteroatoms. The van der Waals surface area contributed by atoms with Gasteiger partial charge in [-0.2, -0.15) is 11.8 Å². The van der Waals surface area contributed by atoms with Crippen molar-refractivity contribution in [2.24, 2.45) is 0 Å². The zero-order valence-corrected chi connectivity index (χ0v) is 15.9. The molecule has 2 aromatic rings. The van der Waals surface area contributed by atoms with E-state index < -0.39 is 0 Å². The van der Waals surface area contributed by atoms with Gasteiger partial charge in [0.1, 0.15) is 4.88 Å². The van der Waals surface area contributed by atoms with Gasteiger partial charge >= 0.3 is 0 Å². The second-order valence-electron chi connectivity index (χ2n) is 5.97. The third-order valence-electron chi connectivity index (χ3n) is 4.38. The highest BCUT2D eigenvalue weighted by Crippen LogP contribution is 2.34. The minimum absolute atomic E-state index is 0.0688. The molecule has 2 aromatic heterocycles. The van der Waals surface area contributed by atoms with Crippen molar-refractivity contribution in [3.05, 3.63) is 29.0 Å². The minimum atomic E-state index is 0.0688. The largest absolute Gasteiger partial charge is 0.338 e. The highest BCUT2D eigenvalue weighted by molar-refractivity contribution is 7.99. The molecule has 0 aliphatic heterocycles. The zero-order valence-electron chi connectivity index (χ0n) is 14.2. The summed E-state index contributed by atoms with van der Waals surface area (Å²) in [6, 6.07) is 2.11. The number of carbonyl (C=O) groups is 1. The number of carbonyl (C=O) groups excluding carboxylic acids is 1. The van der Waals surface area contributed by atoms with Gasteiger partial charge in [-0.25, -0.2) is 15.0 Å². The Morgan fingerprint density at radius 1 is 1.38 bits per heavy atom. The summed E-state index contributed by atoms with van der Waals surface area (Å²) in [5.74, 6) is 1.79. The number of nitrogens with zero attached hydrogens (tertiary/aromatic N) is 4. The van der Waals surface area contributed by atoms with Crippen LogP contribution in [-0.4, -0.2) is 49.9 Å². The lowest BCUT2D eigenvalue weighted by molar-refractivity contribution is 0.0739. The molecular weight excluding hydrogens is 340 g/mol. The molecular formula is C17H22N4OS2. The maximum Gasteiger partial charge on any atom is 0.265 e. The highest BCUT2D eigenvalue weighted by atomic mass is 32.2. The van der Waals surface area contributed by atoms with Crippen LogP contribution in [0.4, 0.5) is 0 Å². The lowest BCUT2D eigenvalue weighted by Crippen LogP contribution is -2.35. The van der Waals surface area contributed by atoms with Gasteiger partial charge in [0, 0.05) is 30.7 Å². The quantitative estimate of drug-likeness (QED) is 0.812. The van der Waals surface area contributed by atoms with E-state index in [0.29, 0.717) is 27.0 Å². The second-order valence-corrected chi connectivity index (χ2v) is 8.54. The van der Waals surface area contributed by atoms with Crippen LogP contribution in [0, 0.1) is 6.92 Å². The number of thiazole rings is 1. The van der Waals surface area contributed by atoms with Gasteiger partial charge in [-0.3, -0.25) is 4.79 Å². The fourth-order valence-corrected chi connectivity index (χ4v) is 5.21. The van der Waals surface area contributed by atoms with Crippen LogP contribution in [0.5, 0.6) is 0 Å². The summed E-state index contributed by atoms with van der Waals surface area (Å²) >= 11 is 3.39.